The molecular weight excluding hydrogens is 300 g/mol. The molecule has 0 aromatic heterocycles. The number of aliphatic hydroxyl groups is 1. The van der Waals surface area contributed by atoms with Crippen LogP contribution in [0.1, 0.15) is 19.3 Å². The summed E-state index contributed by atoms with van der Waals surface area (Å²) < 4.78 is 40.7. The Morgan fingerprint density at radius 2 is 1.37 bits per heavy atom. The third-order valence-corrected chi connectivity index (χ3v) is 3.13. The van der Waals surface area contributed by atoms with Crippen LogP contribution in [0.25, 0.3) is 0 Å². The fraction of sp³-hybridized carbons (Fsp3) is 0.625. The summed E-state index contributed by atoms with van der Waals surface area (Å²) in [5, 5.41) is 25.7. The summed E-state index contributed by atoms with van der Waals surface area (Å²) in [5.41, 5.74) is 0. The normalized spacial score (nSPS) is 11.3. The number of hydrogen-bond acceptors (Lipinski definition) is 6. The number of aliphatic hydroxyl groups excluding tert-OH is 1. The van der Waals surface area contributed by atoms with Crippen molar-refractivity contribution in [2.75, 3.05) is 11.5 Å². The van der Waals surface area contributed by atoms with Gasteiger partial charge < -0.3 is 10.2 Å². The van der Waals surface area contributed by atoms with E-state index in [1.54, 1.807) is 0 Å². The van der Waals surface area contributed by atoms with Crippen LogP contribution < -0.4 is 10.3 Å². The lowest BCUT2D eigenvalue weighted by Crippen LogP contribution is -2.18. The van der Waals surface area contributed by atoms with Crippen molar-refractivity contribution < 1.29 is 31.8 Å². The number of hydrogen-bond donors (Lipinski definition) is 4. The minimum Gasteiger partial charge on any atom is -0.513 e. The van der Waals surface area contributed by atoms with E-state index in [1.807, 2.05) is 0 Å². The Morgan fingerprint density at radius 1 is 0.947 bits per heavy atom. The quantitative estimate of drug-likeness (QED) is 0.429. The maximum absolute atomic E-state index is 10.3. The average molecular weight is 318 g/mol. The van der Waals surface area contributed by atoms with Crippen molar-refractivity contribution in [2.45, 2.75) is 19.3 Å². The van der Waals surface area contributed by atoms with Gasteiger partial charge in [0.2, 0.25) is 20.0 Å². The van der Waals surface area contributed by atoms with Gasteiger partial charge in [0, 0.05) is 6.42 Å². The smallest absolute Gasteiger partial charge is 0.304 e. The molecule has 6 N–H and O–H groups in total. The van der Waals surface area contributed by atoms with Gasteiger partial charge >= 0.3 is 5.97 Å². The number of sulfonamides is 2. The fourth-order valence-electron chi connectivity index (χ4n) is 0.707. The molecule has 0 saturated carbocycles. The number of carbonyl (C=O) groups is 1. The third-order valence-electron chi connectivity index (χ3n) is 1.49. The zero-order valence-electron chi connectivity index (χ0n) is 10.1. The first-order chi connectivity index (χ1) is 8.33. The van der Waals surface area contributed by atoms with E-state index in [0.717, 1.165) is 0 Å². The van der Waals surface area contributed by atoms with Gasteiger partial charge in [-0.1, -0.05) is 6.58 Å². The van der Waals surface area contributed by atoms with Crippen LogP contribution in [0.4, 0.5) is 0 Å². The second-order valence-electron chi connectivity index (χ2n) is 3.55. The predicted molar refractivity (Wildman–Crippen MR) is 69.2 cm³/mol. The van der Waals surface area contributed by atoms with E-state index in [2.05, 4.69) is 16.9 Å². The molecule has 0 unspecified atom stereocenters. The molecule has 0 rings (SSSR count). The molecule has 0 heterocycles. The molecule has 0 aromatic carbocycles. The zero-order chi connectivity index (χ0) is 15.7. The second kappa shape index (κ2) is 8.85. The Bertz CT molecular complexity index is 495. The van der Waals surface area contributed by atoms with Gasteiger partial charge in [0.05, 0.1) is 23.7 Å². The molecule has 0 atom stereocenters. The van der Waals surface area contributed by atoms with Crippen LogP contribution in [0.15, 0.2) is 12.3 Å². The first-order valence-electron chi connectivity index (χ1n) is 4.93. The van der Waals surface area contributed by atoms with Crippen molar-refractivity contribution in [3.05, 3.63) is 12.3 Å². The fourth-order valence-corrected chi connectivity index (χ4v) is 1.71. The van der Waals surface area contributed by atoms with Gasteiger partial charge in [0.1, 0.15) is 0 Å². The molecular formula is C8H18N2O7S2. The van der Waals surface area contributed by atoms with Gasteiger partial charge in [-0.3, -0.25) is 4.79 Å². The molecule has 9 nitrogen and oxygen atoms in total. The molecule has 114 valence electrons. The van der Waals surface area contributed by atoms with Gasteiger partial charge in [-0.05, 0) is 6.42 Å². The molecule has 0 aliphatic carbocycles. The minimum absolute atomic E-state index is 0.0105. The number of carboxylic acid groups (broad SMARTS) is 1. The summed E-state index contributed by atoms with van der Waals surface area (Å²) in [4.78, 5) is 9.73. The van der Waals surface area contributed by atoms with E-state index in [4.69, 9.17) is 10.2 Å². The number of nitrogens with two attached hydrogens (primary N) is 2. The highest BCUT2D eigenvalue weighted by Gasteiger charge is 2.05. The topological polar surface area (TPSA) is 178 Å². The van der Waals surface area contributed by atoms with Crippen LogP contribution in [-0.2, 0) is 24.8 Å². The largest absolute Gasteiger partial charge is 0.513 e. The molecule has 19 heavy (non-hydrogen) atoms. The third kappa shape index (κ3) is 26.4. The standard InChI is InChI=1S/C5H11NO3S.C3H7NO4S/c1-5(7)3-2-4-10(6,8)9;4-9(7,8)2-1-3(5)6/h7H,1-4H2,(H2,6,8,9);1-2H2,(H,5,6)(H2,4,7,8). The summed E-state index contributed by atoms with van der Waals surface area (Å²) in [6.07, 6.45) is 0.184. The Balaban J connectivity index is 0. The van der Waals surface area contributed by atoms with Crippen molar-refractivity contribution >= 4 is 26.0 Å². The highest BCUT2D eigenvalue weighted by atomic mass is 32.2. The highest BCUT2D eigenvalue weighted by Crippen LogP contribution is 1.98. The molecule has 11 heteroatoms. The first kappa shape index (κ1) is 20.2. The van der Waals surface area contributed by atoms with Crippen molar-refractivity contribution in [3.63, 3.8) is 0 Å². The van der Waals surface area contributed by atoms with Crippen LogP contribution >= 0.6 is 0 Å². The Hall–Kier alpha value is -1.17. The van der Waals surface area contributed by atoms with Gasteiger partial charge in [-0.15, -0.1) is 0 Å². The van der Waals surface area contributed by atoms with Crippen LogP contribution in [0.5, 0.6) is 0 Å². The second-order valence-corrected chi connectivity index (χ2v) is 7.02. The molecule has 0 spiro atoms. The molecule has 0 bridgehead atoms. The van der Waals surface area contributed by atoms with Gasteiger partial charge in [-0.2, -0.15) is 0 Å². The van der Waals surface area contributed by atoms with Crippen molar-refractivity contribution in [3.8, 4) is 0 Å². The molecule has 0 aliphatic heterocycles. The monoisotopic (exact) mass is 318 g/mol. The minimum atomic E-state index is -3.60. The zero-order valence-corrected chi connectivity index (χ0v) is 11.8. The maximum atomic E-state index is 10.3. The van der Waals surface area contributed by atoms with Crippen LogP contribution in [0.2, 0.25) is 0 Å². The van der Waals surface area contributed by atoms with E-state index in [9.17, 15) is 21.6 Å². The summed E-state index contributed by atoms with van der Waals surface area (Å²) >= 11 is 0. The lowest BCUT2D eigenvalue weighted by Gasteiger charge is -1.96. The Morgan fingerprint density at radius 3 is 1.58 bits per heavy atom. The number of rotatable bonds is 7. The van der Waals surface area contributed by atoms with Gasteiger partial charge in [-0.25, -0.2) is 27.1 Å². The number of allylic oxidation sites excluding steroid dienone is 1. The molecule has 0 aliphatic rings. The number of carboxylic acids is 1. The molecule has 0 amide bonds. The van der Waals surface area contributed by atoms with Crippen LogP contribution in [-0.4, -0.2) is 44.5 Å². The van der Waals surface area contributed by atoms with Crippen molar-refractivity contribution in [1.82, 2.24) is 0 Å². The Kier molecular flexibility index (Phi) is 9.39. The summed E-state index contributed by atoms with van der Waals surface area (Å²) in [6, 6.07) is 0. The van der Waals surface area contributed by atoms with E-state index in [-0.39, 0.29) is 17.9 Å². The molecule has 0 aromatic rings. The molecule has 0 saturated heterocycles. The maximum Gasteiger partial charge on any atom is 0.304 e. The van der Waals surface area contributed by atoms with E-state index in [0.29, 0.717) is 6.42 Å². The lowest BCUT2D eigenvalue weighted by molar-refractivity contribution is -0.136. The van der Waals surface area contributed by atoms with E-state index >= 15 is 0 Å². The van der Waals surface area contributed by atoms with Crippen LogP contribution in [0.3, 0.4) is 0 Å². The van der Waals surface area contributed by atoms with Crippen molar-refractivity contribution in [1.29, 1.82) is 0 Å². The predicted octanol–water partition coefficient (Wildman–Crippen LogP) is -1.12. The summed E-state index contributed by atoms with van der Waals surface area (Å²) in [5.74, 6) is -1.78. The lowest BCUT2D eigenvalue weighted by atomic mass is 10.3. The van der Waals surface area contributed by atoms with Crippen molar-refractivity contribution in [2.24, 2.45) is 10.3 Å². The molecule has 0 fully saturated rings. The summed E-state index contributed by atoms with van der Waals surface area (Å²) in [7, 11) is -6.97. The highest BCUT2D eigenvalue weighted by molar-refractivity contribution is 7.89. The Labute approximate surface area is 112 Å². The average Bonchev–Trinajstić information content (AvgIpc) is 2.12. The van der Waals surface area contributed by atoms with Crippen LogP contribution in [0, 0.1) is 0 Å². The van der Waals surface area contributed by atoms with E-state index < -0.39 is 38.2 Å². The van der Waals surface area contributed by atoms with E-state index in [1.165, 1.54) is 0 Å². The van der Waals surface area contributed by atoms with Gasteiger partial charge in [0.25, 0.3) is 0 Å². The first-order valence-corrected chi connectivity index (χ1v) is 8.36. The SMILES string of the molecule is C=C(O)CCCS(N)(=O)=O.NS(=O)(=O)CCC(=O)O. The molecule has 0 radical (unpaired) electrons. The summed E-state index contributed by atoms with van der Waals surface area (Å²) in [6.45, 7) is 3.19. The van der Waals surface area contributed by atoms with Gasteiger partial charge in [0.15, 0.2) is 0 Å². The number of primary sulfonamides is 2. The number of aliphatic carboxylic acids is 1.